The van der Waals surface area contributed by atoms with Crippen LogP contribution in [0.15, 0.2) is 48.7 Å². The Morgan fingerprint density at radius 1 is 1.21 bits per heavy atom. The van der Waals surface area contributed by atoms with Crippen molar-refractivity contribution in [3.63, 3.8) is 0 Å². The quantitative estimate of drug-likeness (QED) is 0.745. The number of fused-ring (bicyclic) bond motifs is 1. The summed E-state index contributed by atoms with van der Waals surface area (Å²) in [7, 11) is 2.01. The van der Waals surface area contributed by atoms with Crippen LogP contribution in [0.5, 0.6) is 0 Å². The molecular weight excluding hydrogens is 300 g/mol. The minimum Gasteiger partial charge on any atom is -0.338 e. The molecule has 5 heteroatoms. The summed E-state index contributed by atoms with van der Waals surface area (Å²) in [6.45, 7) is 1.62. The predicted molar refractivity (Wildman–Crippen MR) is 92.7 cm³/mol. The molecule has 1 unspecified atom stereocenters. The van der Waals surface area contributed by atoms with E-state index in [1.54, 1.807) is 6.20 Å². The smallest absolute Gasteiger partial charge is 0.253 e. The number of nitrogens with zero attached hydrogens (tertiary/aromatic N) is 4. The van der Waals surface area contributed by atoms with Crippen molar-refractivity contribution in [3.05, 3.63) is 60.0 Å². The van der Waals surface area contributed by atoms with Crippen LogP contribution >= 0.6 is 0 Å². The molecule has 24 heavy (non-hydrogen) atoms. The molecule has 5 nitrogen and oxygen atoms in total. The molecule has 1 aromatic carbocycles. The molecule has 2 aromatic heterocycles. The highest BCUT2D eigenvalue weighted by molar-refractivity contribution is 5.94. The fourth-order valence-electron chi connectivity index (χ4n) is 3.46. The fraction of sp³-hybridized carbons (Fsp3) is 0.316. The Kier molecular flexibility index (Phi) is 3.76. The van der Waals surface area contributed by atoms with Crippen LogP contribution in [-0.2, 0) is 13.5 Å². The highest BCUT2D eigenvalue weighted by atomic mass is 16.2. The molecule has 0 spiro atoms. The second-order valence-electron chi connectivity index (χ2n) is 6.41. The molecule has 0 N–H and O–H groups in total. The van der Waals surface area contributed by atoms with Gasteiger partial charge in [-0.3, -0.25) is 4.79 Å². The predicted octanol–water partition coefficient (Wildman–Crippen LogP) is 2.67. The van der Waals surface area contributed by atoms with Gasteiger partial charge in [0, 0.05) is 38.3 Å². The van der Waals surface area contributed by atoms with Gasteiger partial charge >= 0.3 is 0 Å². The lowest BCUT2D eigenvalue weighted by Gasteiger charge is -2.16. The summed E-state index contributed by atoms with van der Waals surface area (Å²) in [6, 6.07) is 13.4. The third-order valence-corrected chi connectivity index (χ3v) is 4.79. The molecule has 0 bridgehead atoms. The van der Waals surface area contributed by atoms with Gasteiger partial charge < -0.3 is 9.47 Å². The SMILES string of the molecule is Cn1c(CC2CCN(C(=O)c3ccccc3)C2)nc2cccnc21. The van der Waals surface area contributed by atoms with Gasteiger partial charge in [0.15, 0.2) is 5.65 Å². The largest absolute Gasteiger partial charge is 0.338 e. The van der Waals surface area contributed by atoms with Crippen molar-refractivity contribution in [3.8, 4) is 0 Å². The first kappa shape index (κ1) is 14.9. The minimum atomic E-state index is 0.129. The molecule has 0 radical (unpaired) electrons. The third-order valence-electron chi connectivity index (χ3n) is 4.79. The standard InChI is InChI=1S/C19H20N4O/c1-22-17(21-16-8-5-10-20-18(16)22)12-14-9-11-23(13-14)19(24)15-6-3-2-4-7-15/h2-8,10,14H,9,11-13H2,1H3. The number of amides is 1. The zero-order valence-corrected chi connectivity index (χ0v) is 13.7. The second-order valence-corrected chi connectivity index (χ2v) is 6.41. The van der Waals surface area contributed by atoms with Gasteiger partial charge in [0.1, 0.15) is 11.3 Å². The van der Waals surface area contributed by atoms with E-state index < -0.39 is 0 Å². The Morgan fingerprint density at radius 3 is 2.83 bits per heavy atom. The number of aromatic nitrogens is 3. The molecule has 1 saturated heterocycles. The van der Waals surface area contributed by atoms with Crippen LogP contribution < -0.4 is 0 Å². The lowest BCUT2D eigenvalue weighted by Crippen LogP contribution is -2.29. The average Bonchev–Trinajstić information content (AvgIpc) is 3.21. The Morgan fingerprint density at radius 2 is 2.04 bits per heavy atom. The van der Waals surface area contributed by atoms with Crippen molar-refractivity contribution in [1.82, 2.24) is 19.4 Å². The van der Waals surface area contributed by atoms with Crippen LogP contribution in [0.4, 0.5) is 0 Å². The van der Waals surface area contributed by atoms with Crippen LogP contribution in [-0.4, -0.2) is 38.4 Å². The maximum Gasteiger partial charge on any atom is 0.253 e. The molecule has 1 fully saturated rings. The first-order valence-corrected chi connectivity index (χ1v) is 8.33. The second kappa shape index (κ2) is 6.07. The summed E-state index contributed by atoms with van der Waals surface area (Å²) in [5.41, 5.74) is 2.62. The number of likely N-dealkylation sites (tertiary alicyclic amines) is 1. The van der Waals surface area contributed by atoms with E-state index >= 15 is 0 Å². The minimum absolute atomic E-state index is 0.129. The molecule has 1 amide bonds. The van der Waals surface area contributed by atoms with Crippen molar-refractivity contribution < 1.29 is 4.79 Å². The number of hydrogen-bond acceptors (Lipinski definition) is 3. The number of imidazole rings is 1. The normalized spacial score (nSPS) is 17.5. The number of benzene rings is 1. The molecule has 1 aliphatic rings. The Hall–Kier alpha value is -2.69. The summed E-state index contributed by atoms with van der Waals surface area (Å²) in [4.78, 5) is 23.6. The van der Waals surface area contributed by atoms with E-state index in [4.69, 9.17) is 4.98 Å². The van der Waals surface area contributed by atoms with E-state index in [0.29, 0.717) is 5.92 Å². The molecule has 0 aliphatic carbocycles. The number of rotatable bonds is 3. The van der Waals surface area contributed by atoms with Crippen LogP contribution in [0.2, 0.25) is 0 Å². The van der Waals surface area contributed by atoms with E-state index in [0.717, 1.165) is 48.5 Å². The molecular formula is C19H20N4O. The Bertz CT molecular complexity index is 871. The van der Waals surface area contributed by atoms with Gasteiger partial charge in [0.25, 0.3) is 5.91 Å². The van der Waals surface area contributed by atoms with Crippen LogP contribution in [0.1, 0.15) is 22.6 Å². The Balaban J connectivity index is 1.47. The molecule has 3 heterocycles. The van der Waals surface area contributed by atoms with E-state index in [1.807, 2.05) is 54.4 Å². The molecule has 4 rings (SSSR count). The number of pyridine rings is 1. The lowest BCUT2D eigenvalue weighted by atomic mass is 10.0. The first-order valence-electron chi connectivity index (χ1n) is 8.33. The van der Waals surface area contributed by atoms with Gasteiger partial charge in [-0.1, -0.05) is 18.2 Å². The highest BCUT2D eigenvalue weighted by Crippen LogP contribution is 2.23. The molecule has 122 valence electrons. The van der Waals surface area contributed by atoms with Crippen LogP contribution in [0.3, 0.4) is 0 Å². The zero-order valence-electron chi connectivity index (χ0n) is 13.7. The summed E-state index contributed by atoms with van der Waals surface area (Å²) in [6.07, 6.45) is 3.70. The van der Waals surface area contributed by atoms with Crippen molar-refractivity contribution in [1.29, 1.82) is 0 Å². The van der Waals surface area contributed by atoms with Crippen molar-refractivity contribution in [2.45, 2.75) is 12.8 Å². The van der Waals surface area contributed by atoms with E-state index in [2.05, 4.69) is 9.55 Å². The van der Waals surface area contributed by atoms with Gasteiger partial charge in [-0.25, -0.2) is 9.97 Å². The molecule has 0 saturated carbocycles. The van der Waals surface area contributed by atoms with E-state index in [-0.39, 0.29) is 5.91 Å². The fourth-order valence-corrected chi connectivity index (χ4v) is 3.46. The monoisotopic (exact) mass is 320 g/mol. The van der Waals surface area contributed by atoms with Crippen molar-refractivity contribution in [2.75, 3.05) is 13.1 Å². The van der Waals surface area contributed by atoms with Crippen molar-refractivity contribution in [2.24, 2.45) is 13.0 Å². The van der Waals surface area contributed by atoms with Crippen molar-refractivity contribution >= 4 is 17.1 Å². The van der Waals surface area contributed by atoms with Crippen LogP contribution in [0, 0.1) is 5.92 Å². The number of hydrogen-bond donors (Lipinski definition) is 0. The third kappa shape index (κ3) is 2.66. The zero-order chi connectivity index (χ0) is 16.5. The van der Waals surface area contributed by atoms with Gasteiger partial charge in [0.05, 0.1) is 0 Å². The maximum absolute atomic E-state index is 12.5. The summed E-state index contributed by atoms with van der Waals surface area (Å²) < 4.78 is 2.07. The number of aryl methyl sites for hydroxylation is 1. The highest BCUT2D eigenvalue weighted by Gasteiger charge is 2.28. The number of carbonyl (C=O) groups excluding carboxylic acids is 1. The first-order chi connectivity index (χ1) is 11.7. The van der Waals surface area contributed by atoms with Crippen LogP contribution in [0.25, 0.3) is 11.2 Å². The molecule has 1 atom stereocenters. The van der Waals surface area contributed by atoms with E-state index in [1.165, 1.54) is 0 Å². The average molecular weight is 320 g/mol. The summed E-state index contributed by atoms with van der Waals surface area (Å²) in [5.74, 6) is 1.63. The lowest BCUT2D eigenvalue weighted by molar-refractivity contribution is 0.0787. The summed E-state index contributed by atoms with van der Waals surface area (Å²) in [5, 5.41) is 0. The topological polar surface area (TPSA) is 51.0 Å². The Labute approximate surface area is 140 Å². The van der Waals surface area contributed by atoms with Gasteiger partial charge in [-0.05, 0) is 36.6 Å². The van der Waals surface area contributed by atoms with Gasteiger partial charge in [0.2, 0.25) is 0 Å². The molecule has 3 aromatic rings. The van der Waals surface area contributed by atoms with Gasteiger partial charge in [-0.15, -0.1) is 0 Å². The van der Waals surface area contributed by atoms with Gasteiger partial charge in [-0.2, -0.15) is 0 Å². The van der Waals surface area contributed by atoms with E-state index in [9.17, 15) is 4.79 Å². The number of carbonyl (C=O) groups is 1. The molecule has 1 aliphatic heterocycles. The summed E-state index contributed by atoms with van der Waals surface area (Å²) >= 11 is 0. The maximum atomic E-state index is 12.5.